The molecule has 0 saturated heterocycles. The number of carbonyl (C=O) groups is 1. The molecule has 0 spiro atoms. The number of benzene rings is 2. The Balaban J connectivity index is 2.06. The van der Waals surface area contributed by atoms with Crippen LogP contribution in [0.3, 0.4) is 0 Å². The van der Waals surface area contributed by atoms with E-state index in [4.69, 9.17) is 5.11 Å². The molecular formula is C16H14O2. The summed E-state index contributed by atoms with van der Waals surface area (Å²) in [7, 11) is 0. The summed E-state index contributed by atoms with van der Waals surface area (Å²) in [6, 6.07) is 16.6. The topological polar surface area (TPSA) is 37.3 Å². The van der Waals surface area contributed by atoms with Crippen LogP contribution in [0.1, 0.15) is 29.9 Å². The third-order valence-corrected chi connectivity index (χ3v) is 3.61. The number of rotatable bonds is 3. The first-order chi connectivity index (χ1) is 8.77. The maximum atomic E-state index is 10.8. The van der Waals surface area contributed by atoms with E-state index in [9.17, 15) is 4.79 Å². The SMILES string of the molecule is O=C(O)CCC1c2ccccc2-c2ccccc21. The molecule has 1 aliphatic rings. The molecule has 0 bridgehead atoms. The number of aliphatic carboxylic acids is 1. The molecule has 2 aromatic rings. The highest BCUT2D eigenvalue weighted by atomic mass is 16.4. The van der Waals surface area contributed by atoms with Crippen molar-refractivity contribution in [1.82, 2.24) is 0 Å². The second-order valence-electron chi connectivity index (χ2n) is 4.66. The van der Waals surface area contributed by atoms with Gasteiger partial charge in [0.25, 0.3) is 0 Å². The summed E-state index contributed by atoms with van der Waals surface area (Å²) in [6.45, 7) is 0. The summed E-state index contributed by atoms with van der Waals surface area (Å²) in [6.07, 6.45) is 0.886. The highest BCUT2D eigenvalue weighted by Crippen LogP contribution is 2.46. The van der Waals surface area contributed by atoms with Crippen LogP contribution in [0, 0.1) is 0 Å². The lowest BCUT2D eigenvalue weighted by atomic mass is 9.92. The quantitative estimate of drug-likeness (QED) is 0.885. The first-order valence-electron chi connectivity index (χ1n) is 6.17. The van der Waals surface area contributed by atoms with Gasteiger partial charge in [0.05, 0.1) is 0 Å². The minimum atomic E-state index is -0.725. The third kappa shape index (κ3) is 1.70. The second-order valence-corrected chi connectivity index (χ2v) is 4.66. The summed E-state index contributed by atoms with van der Waals surface area (Å²) < 4.78 is 0. The molecule has 0 radical (unpaired) electrons. The van der Waals surface area contributed by atoms with Crippen LogP contribution < -0.4 is 0 Å². The average Bonchev–Trinajstić information content (AvgIpc) is 2.71. The van der Waals surface area contributed by atoms with Crippen LogP contribution >= 0.6 is 0 Å². The van der Waals surface area contributed by atoms with Crippen molar-refractivity contribution in [2.24, 2.45) is 0 Å². The van der Waals surface area contributed by atoms with E-state index in [1.807, 2.05) is 24.3 Å². The van der Waals surface area contributed by atoms with Gasteiger partial charge in [0.1, 0.15) is 0 Å². The van der Waals surface area contributed by atoms with Crippen molar-refractivity contribution in [3.05, 3.63) is 59.7 Å². The van der Waals surface area contributed by atoms with Crippen molar-refractivity contribution in [2.75, 3.05) is 0 Å². The van der Waals surface area contributed by atoms with Gasteiger partial charge in [-0.2, -0.15) is 0 Å². The lowest BCUT2D eigenvalue weighted by Gasteiger charge is -2.11. The monoisotopic (exact) mass is 238 g/mol. The van der Waals surface area contributed by atoms with Crippen LogP contribution in [0.2, 0.25) is 0 Å². The fourth-order valence-electron chi connectivity index (χ4n) is 2.84. The van der Waals surface area contributed by atoms with Gasteiger partial charge in [-0.15, -0.1) is 0 Å². The number of carboxylic acid groups (broad SMARTS) is 1. The average molecular weight is 238 g/mol. The van der Waals surface area contributed by atoms with E-state index in [1.54, 1.807) is 0 Å². The van der Waals surface area contributed by atoms with E-state index in [0.717, 1.165) is 0 Å². The first kappa shape index (κ1) is 11.0. The van der Waals surface area contributed by atoms with Crippen LogP contribution in [0.5, 0.6) is 0 Å². The summed E-state index contributed by atoms with van der Waals surface area (Å²) in [5.41, 5.74) is 5.03. The normalized spacial score (nSPS) is 13.1. The van der Waals surface area contributed by atoms with E-state index in [-0.39, 0.29) is 12.3 Å². The molecule has 1 N–H and O–H groups in total. The van der Waals surface area contributed by atoms with Gasteiger partial charge in [-0.25, -0.2) is 0 Å². The van der Waals surface area contributed by atoms with Crippen LogP contribution in [-0.4, -0.2) is 11.1 Å². The Morgan fingerprint density at radius 2 is 1.44 bits per heavy atom. The Bertz CT molecular complexity index is 556. The molecule has 0 aromatic heterocycles. The first-order valence-corrected chi connectivity index (χ1v) is 6.17. The molecule has 1 aliphatic carbocycles. The molecule has 18 heavy (non-hydrogen) atoms. The minimum absolute atomic E-state index is 0.216. The van der Waals surface area contributed by atoms with E-state index in [1.165, 1.54) is 22.3 Å². The molecule has 2 heteroatoms. The van der Waals surface area contributed by atoms with Gasteiger partial charge in [0, 0.05) is 12.3 Å². The Morgan fingerprint density at radius 1 is 0.944 bits per heavy atom. The third-order valence-electron chi connectivity index (χ3n) is 3.61. The molecule has 0 amide bonds. The van der Waals surface area contributed by atoms with Crippen LogP contribution in [-0.2, 0) is 4.79 Å². The van der Waals surface area contributed by atoms with Crippen molar-refractivity contribution in [1.29, 1.82) is 0 Å². The lowest BCUT2D eigenvalue weighted by molar-refractivity contribution is -0.137. The Labute approximate surface area is 106 Å². The zero-order valence-electron chi connectivity index (χ0n) is 9.97. The van der Waals surface area contributed by atoms with Gasteiger partial charge < -0.3 is 5.11 Å². The van der Waals surface area contributed by atoms with E-state index in [0.29, 0.717) is 6.42 Å². The van der Waals surface area contributed by atoms with Crippen molar-refractivity contribution in [3.8, 4) is 11.1 Å². The van der Waals surface area contributed by atoms with Crippen molar-refractivity contribution >= 4 is 5.97 Å². The second kappa shape index (κ2) is 4.30. The Morgan fingerprint density at radius 3 is 1.94 bits per heavy atom. The fourth-order valence-corrected chi connectivity index (χ4v) is 2.84. The molecule has 0 heterocycles. The molecule has 90 valence electrons. The molecule has 0 aliphatic heterocycles. The zero-order valence-corrected chi connectivity index (χ0v) is 9.97. The Hall–Kier alpha value is -2.09. The maximum Gasteiger partial charge on any atom is 0.303 e. The predicted octanol–water partition coefficient (Wildman–Crippen LogP) is 3.66. The largest absolute Gasteiger partial charge is 0.481 e. The van der Waals surface area contributed by atoms with Gasteiger partial charge in [0.2, 0.25) is 0 Å². The van der Waals surface area contributed by atoms with Gasteiger partial charge >= 0.3 is 5.97 Å². The van der Waals surface area contributed by atoms with Gasteiger partial charge in [-0.3, -0.25) is 4.79 Å². The van der Waals surface area contributed by atoms with Crippen LogP contribution in [0.25, 0.3) is 11.1 Å². The molecule has 0 atom stereocenters. The summed E-state index contributed by atoms with van der Waals surface area (Å²) in [5.74, 6) is -0.495. The summed E-state index contributed by atoms with van der Waals surface area (Å²) >= 11 is 0. The van der Waals surface area contributed by atoms with E-state index in [2.05, 4.69) is 24.3 Å². The van der Waals surface area contributed by atoms with E-state index >= 15 is 0 Å². The summed E-state index contributed by atoms with van der Waals surface area (Å²) in [5, 5.41) is 8.87. The highest BCUT2D eigenvalue weighted by molar-refractivity contribution is 5.79. The number of hydrogen-bond donors (Lipinski definition) is 1. The van der Waals surface area contributed by atoms with Crippen molar-refractivity contribution in [2.45, 2.75) is 18.8 Å². The van der Waals surface area contributed by atoms with Gasteiger partial charge in [0.15, 0.2) is 0 Å². The maximum absolute atomic E-state index is 10.8. The number of fused-ring (bicyclic) bond motifs is 3. The molecule has 0 fully saturated rings. The van der Waals surface area contributed by atoms with Crippen LogP contribution in [0.15, 0.2) is 48.5 Å². The molecule has 2 nitrogen and oxygen atoms in total. The van der Waals surface area contributed by atoms with Crippen molar-refractivity contribution < 1.29 is 9.90 Å². The molecule has 0 unspecified atom stereocenters. The molecule has 3 rings (SSSR count). The number of carboxylic acids is 1. The minimum Gasteiger partial charge on any atom is -0.481 e. The molecule has 0 saturated carbocycles. The zero-order chi connectivity index (χ0) is 12.5. The van der Waals surface area contributed by atoms with Gasteiger partial charge in [-0.05, 0) is 28.7 Å². The number of hydrogen-bond acceptors (Lipinski definition) is 1. The Kier molecular flexibility index (Phi) is 2.63. The smallest absolute Gasteiger partial charge is 0.303 e. The lowest BCUT2D eigenvalue weighted by Crippen LogP contribution is -2.01. The van der Waals surface area contributed by atoms with Crippen molar-refractivity contribution in [3.63, 3.8) is 0 Å². The molecular weight excluding hydrogens is 224 g/mol. The standard InChI is InChI=1S/C16H14O2/c17-16(18)10-9-15-13-7-3-1-5-11(13)12-6-2-4-8-14(12)15/h1-8,15H,9-10H2,(H,17,18). The van der Waals surface area contributed by atoms with E-state index < -0.39 is 5.97 Å². The molecule has 2 aromatic carbocycles. The van der Waals surface area contributed by atoms with Gasteiger partial charge in [-0.1, -0.05) is 48.5 Å². The highest BCUT2D eigenvalue weighted by Gasteiger charge is 2.27. The predicted molar refractivity (Wildman–Crippen MR) is 70.6 cm³/mol. The fraction of sp³-hybridized carbons (Fsp3) is 0.188. The van der Waals surface area contributed by atoms with Crippen LogP contribution in [0.4, 0.5) is 0 Å². The summed E-state index contributed by atoms with van der Waals surface area (Å²) in [4.78, 5) is 10.8.